The van der Waals surface area contributed by atoms with E-state index in [0.29, 0.717) is 0 Å². The summed E-state index contributed by atoms with van der Waals surface area (Å²) in [7, 11) is 0. The van der Waals surface area contributed by atoms with Gasteiger partial charge in [0.15, 0.2) is 0 Å². The average molecular weight is 289 g/mol. The summed E-state index contributed by atoms with van der Waals surface area (Å²) in [5.74, 6) is 1.13. The highest BCUT2D eigenvalue weighted by atomic mass is 16.3. The van der Waals surface area contributed by atoms with Crippen molar-refractivity contribution >= 4 is 0 Å². The first-order valence-corrected chi connectivity index (χ1v) is 8.63. The normalized spacial score (nSPS) is 27.7. The molecule has 0 spiro atoms. The molecule has 2 aliphatic heterocycles. The Bertz CT molecular complexity index is 468. The van der Waals surface area contributed by atoms with Gasteiger partial charge in [0.1, 0.15) is 5.76 Å². The Morgan fingerprint density at radius 2 is 2.10 bits per heavy atom. The summed E-state index contributed by atoms with van der Waals surface area (Å²) in [6.07, 6.45) is 8.80. The highest BCUT2D eigenvalue weighted by Gasteiger charge is 2.29. The summed E-state index contributed by atoms with van der Waals surface area (Å²) in [6, 6.07) is 3.80. The molecule has 0 radical (unpaired) electrons. The van der Waals surface area contributed by atoms with E-state index in [1.165, 1.54) is 63.8 Å². The van der Waals surface area contributed by atoms with Crippen LogP contribution in [-0.2, 0) is 13.1 Å². The molecule has 0 aromatic carbocycles. The molecule has 4 rings (SSSR count). The number of hydrogen-bond donors (Lipinski definition) is 1. The molecule has 1 aliphatic carbocycles. The average Bonchev–Trinajstić information content (AvgIpc) is 3.25. The van der Waals surface area contributed by atoms with E-state index in [0.717, 1.165) is 30.9 Å². The van der Waals surface area contributed by atoms with Crippen molar-refractivity contribution in [3.8, 4) is 0 Å². The number of fused-ring (bicyclic) bond motifs is 1. The molecule has 4 heteroatoms. The maximum atomic E-state index is 5.76. The SMILES string of the molecule is c1oc(CN2CCN3CCCCC3C2)cc1CNC1CC1. The number of nitrogens with one attached hydrogen (secondary N) is 1. The molecule has 3 fully saturated rings. The van der Waals surface area contributed by atoms with E-state index in [1.54, 1.807) is 0 Å². The largest absolute Gasteiger partial charge is 0.468 e. The molecule has 3 heterocycles. The Labute approximate surface area is 127 Å². The second kappa shape index (κ2) is 6.11. The standard InChI is InChI=1S/C17H27N3O/c1-2-6-20-8-7-19(11-16(20)3-1)12-17-9-14(13-21-17)10-18-15-4-5-15/h9,13,15-16,18H,1-8,10-12H2. The van der Waals surface area contributed by atoms with Crippen LogP contribution in [0.1, 0.15) is 43.4 Å². The highest BCUT2D eigenvalue weighted by molar-refractivity contribution is 5.13. The zero-order valence-electron chi connectivity index (χ0n) is 12.9. The zero-order valence-corrected chi connectivity index (χ0v) is 12.9. The quantitative estimate of drug-likeness (QED) is 0.900. The molecule has 1 unspecified atom stereocenters. The maximum Gasteiger partial charge on any atom is 0.118 e. The Morgan fingerprint density at radius 1 is 1.14 bits per heavy atom. The van der Waals surface area contributed by atoms with Crippen molar-refractivity contribution in [1.82, 2.24) is 15.1 Å². The van der Waals surface area contributed by atoms with E-state index in [9.17, 15) is 0 Å². The summed E-state index contributed by atoms with van der Waals surface area (Å²) in [5.41, 5.74) is 1.30. The van der Waals surface area contributed by atoms with Gasteiger partial charge < -0.3 is 9.73 Å². The monoisotopic (exact) mass is 289 g/mol. The van der Waals surface area contributed by atoms with Crippen molar-refractivity contribution in [1.29, 1.82) is 0 Å². The second-order valence-corrected chi connectivity index (χ2v) is 7.00. The van der Waals surface area contributed by atoms with E-state index >= 15 is 0 Å². The number of hydrogen-bond acceptors (Lipinski definition) is 4. The van der Waals surface area contributed by atoms with Crippen LogP contribution in [0, 0.1) is 0 Å². The van der Waals surface area contributed by atoms with E-state index in [2.05, 4.69) is 21.2 Å². The van der Waals surface area contributed by atoms with Gasteiger partial charge in [0.2, 0.25) is 0 Å². The van der Waals surface area contributed by atoms with Crippen LogP contribution in [0.2, 0.25) is 0 Å². The number of piperidine rings is 1. The smallest absolute Gasteiger partial charge is 0.118 e. The van der Waals surface area contributed by atoms with Crippen LogP contribution >= 0.6 is 0 Å². The van der Waals surface area contributed by atoms with Gasteiger partial charge in [-0.05, 0) is 38.3 Å². The molecule has 1 saturated carbocycles. The minimum absolute atomic E-state index is 0.766. The van der Waals surface area contributed by atoms with Crippen LogP contribution in [0.25, 0.3) is 0 Å². The zero-order chi connectivity index (χ0) is 14.1. The lowest BCUT2D eigenvalue weighted by Crippen LogP contribution is -2.54. The summed E-state index contributed by atoms with van der Waals surface area (Å²) in [4.78, 5) is 5.26. The molecule has 2 saturated heterocycles. The van der Waals surface area contributed by atoms with E-state index in [4.69, 9.17) is 4.42 Å². The Kier molecular flexibility index (Phi) is 4.01. The van der Waals surface area contributed by atoms with Crippen LogP contribution < -0.4 is 5.32 Å². The second-order valence-electron chi connectivity index (χ2n) is 7.00. The summed E-state index contributed by atoms with van der Waals surface area (Å²) >= 11 is 0. The number of piperazine rings is 1. The minimum atomic E-state index is 0.766. The molecule has 4 nitrogen and oxygen atoms in total. The van der Waals surface area contributed by atoms with Gasteiger partial charge in [-0.25, -0.2) is 0 Å². The predicted octanol–water partition coefficient (Wildman–Crippen LogP) is 2.20. The van der Waals surface area contributed by atoms with Gasteiger partial charge in [-0.1, -0.05) is 6.42 Å². The number of furan rings is 1. The van der Waals surface area contributed by atoms with Crippen molar-refractivity contribution in [3.63, 3.8) is 0 Å². The fourth-order valence-electron chi connectivity index (χ4n) is 3.74. The predicted molar refractivity (Wildman–Crippen MR) is 83.1 cm³/mol. The number of rotatable bonds is 5. The molecule has 0 bridgehead atoms. The van der Waals surface area contributed by atoms with Crippen LogP contribution in [-0.4, -0.2) is 48.1 Å². The molecular weight excluding hydrogens is 262 g/mol. The van der Waals surface area contributed by atoms with E-state index in [1.807, 2.05) is 6.26 Å². The fourth-order valence-corrected chi connectivity index (χ4v) is 3.74. The van der Waals surface area contributed by atoms with E-state index in [-0.39, 0.29) is 0 Å². The third kappa shape index (κ3) is 3.50. The van der Waals surface area contributed by atoms with E-state index < -0.39 is 0 Å². The third-order valence-corrected chi connectivity index (χ3v) is 5.18. The molecular formula is C17H27N3O. The van der Waals surface area contributed by atoms with Crippen LogP contribution in [0.15, 0.2) is 16.7 Å². The maximum absolute atomic E-state index is 5.76. The van der Waals surface area contributed by atoms with Crippen molar-refractivity contribution in [3.05, 3.63) is 23.7 Å². The van der Waals surface area contributed by atoms with Gasteiger partial charge in [0.05, 0.1) is 12.8 Å². The van der Waals surface area contributed by atoms with Crippen molar-refractivity contribution < 1.29 is 4.42 Å². The Hall–Kier alpha value is -0.840. The lowest BCUT2D eigenvalue weighted by molar-refractivity contribution is 0.0426. The molecule has 1 aromatic rings. The summed E-state index contributed by atoms with van der Waals surface area (Å²) in [5, 5.41) is 3.55. The minimum Gasteiger partial charge on any atom is -0.468 e. The molecule has 1 N–H and O–H groups in total. The first-order valence-electron chi connectivity index (χ1n) is 8.63. The molecule has 0 amide bonds. The molecule has 21 heavy (non-hydrogen) atoms. The Morgan fingerprint density at radius 3 is 3.00 bits per heavy atom. The van der Waals surface area contributed by atoms with Gasteiger partial charge in [-0.15, -0.1) is 0 Å². The van der Waals surface area contributed by atoms with Crippen LogP contribution in [0.5, 0.6) is 0 Å². The topological polar surface area (TPSA) is 31.7 Å². The summed E-state index contributed by atoms with van der Waals surface area (Å²) in [6.45, 7) is 6.90. The highest BCUT2D eigenvalue weighted by Crippen LogP contribution is 2.23. The van der Waals surface area contributed by atoms with Gasteiger partial charge in [0.25, 0.3) is 0 Å². The first-order chi connectivity index (χ1) is 10.4. The third-order valence-electron chi connectivity index (χ3n) is 5.18. The van der Waals surface area contributed by atoms with Crippen LogP contribution in [0.4, 0.5) is 0 Å². The van der Waals surface area contributed by atoms with Crippen LogP contribution in [0.3, 0.4) is 0 Å². The lowest BCUT2D eigenvalue weighted by Gasteiger charge is -2.43. The van der Waals surface area contributed by atoms with Crippen molar-refractivity contribution in [2.75, 3.05) is 26.2 Å². The first kappa shape index (κ1) is 13.8. The summed E-state index contributed by atoms with van der Waals surface area (Å²) < 4.78 is 5.76. The fraction of sp³-hybridized carbons (Fsp3) is 0.765. The molecule has 1 atom stereocenters. The Balaban J connectivity index is 1.29. The van der Waals surface area contributed by atoms with Gasteiger partial charge in [-0.2, -0.15) is 0 Å². The molecule has 1 aromatic heterocycles. The van der Waals surface area contributed by atoms with Gasteiger partial charge in [-0.3, -0.25) is 9.80 Å². The van der Waals surface area contributed by atoms with Crippen molar-refractivity contribution in [2.24, 2.45) is 0 Å². The molecule has 3 aliphatic rings. The van der Waals surface area contributed by atoms with Gasteiger partial charge in [0, 0.05) is 43.8 Å². The number of nitrogens with zero attached hydrogens (tertiary/aromatic N) is 2. The van der Waals surface area contributed by atoms with Crippen molar-refractivity contribution in [2.45, 2.75) is 57.3 Å². The lowest BCUT2D eigenvalue weighted by atomic mass is 9.99. The molecule has 116 valence electrons. The van der Waals surface area contributed by atoms with Gasteiger partial charge >= 0.3 is 0 Å².